The number of hydrogen-bond donors (Lipinski definition) is 2. The van der Waals surface area contributed by atoms with Crippen molar-refractivity contribution in [2.24, 2.45) is 0 Å². The lowest BCUT2D eigenvalue weighted by atomic mass is 10.1. The van der Waals surface area contributed by atoms with Crippen molar-refractivity contribution in [3.63, 3.8) is 0 Å². The minimum absolute atomic E-state index is 0. The highest BCUT2D eigenvalue weighted by atomic mass is 35.5. The van der Waals surface area contributed by atoms with E-state index < -0.39 is 0 Å². The lowest BCUT2D eigenvalue weighted by molar-refractivity contribution is -0.116. The Kier molecular flexibility index (Phi) is 5.42. The zero-order chi connectivity index (χ0) is 14.8. The normalized spacial score (nSPS) is 19.5. The molecule has 22 heavy (non-hydrogen) atoms. The van der Waals surface area contributed by atoms with Crippen LogP contribution >= 0.6 is 12.4 Å². The van der Waals surface area contributed by atoms with Gasteiger partial charge in [-0.05, 0) is 49.6 Å². The largest absolute Gasteiger partial charge is 0.350 e. The van der Waals surface area contributed by atoms with Gasteiger partial charge in [0.2, 0.25) is 5.91 Å². The van der Waals surface area contributed by atoms with Crippen molar-refractivity contribution in [3.05, 3.63) is 29.3 Å². The average Bonchev–Trinajstić information content (AvgIpc) is 3.13. The molecular weight excluding hydrogens is 302 g/mol. The van der Waals surface area contributed by atoms with Crippen LogP contribution in [0, 0.1) is 0 Å². The predicted octanol–water partition coefficient (Wildman–Crippen LogP) is 1.50. The molecule has 6 heteroatoms. The molecule has 3 rings (SSSR count). The van der Waals surface area contributed by atoms with Crippen molar-refractivity contribution >= 4 is 29.9 Å². The van der Waals surface area contributed by atoms with Crippen LogP contribution in [0.1, 0.15) is 35.7 Å². The van der Waals surface area contributed by atoms with Gasteiger partial charge in [-0.3, -0.25) is 9.59 Å². The zero-order valence-electron chi connectivity index (χ0n) is 12.7. The van der Waals surface area contributed by atoms with E-state index in [0.29, 0.717) is 24.7 Å². The van der Waals surface area contributed by atoms with Crippen LogP contribution < -0.4 is 15.5 Å². The van der Waals surface area contributed by atoms with Gasteiger partial charge in [-0.2, -0.15) is 0 Å². The Bertz CT molecular complexity index is 571. The summed E-state index contributed by atoms with van der Waals surface area (Å²) in [5.74, 6) is 0.0195. The molecule has 1 saturated heterocycles. The first-order valence-electron chi connectivity index (χ1n) is 7.58. The standard InChI is InChI=1S/C16H21N3O2.ClH/c1-11(20)19-8-6-12-9-13(4-5-15(12)19)16(21)18-10-14-3-2-7-17-14;/h4-5,9,14,17H,2-3,6-8,10H2,1H3,(H,18,21);1H. The number of carbonyl (C=O) groups is 2. The molecule has 0 spiro atoms. The molecule has 0 aliphatic carbocycles. The molecule has 1 fully saturated rings. The van der Waals surface area contributed by atoms with Gasteiger partial charge in [0, 0.05) is 37.3 Å². The van der Waals surface area contributed by atoms with Gasteiger partial charge in [-0.15, -0.1) is 12.4 Å². The minimum Gasteiger partial charge on any atom is -0.350 e. The molecule has 1 unspecified atom stereocenters. The number of amides is 2. The second-order valence-electron chi connectivity index (χ2n) is 5.77. The van der Waals surface area contributed by atoms with Gasteiger partial charge in [-0.25, -0.2) is 0 Å². The molecular formula is C16H22ClN3O2. The lowest BCUT2D eigenvalue weighted by Crippen LogP contribution is -2.37. The first-order valence-corrected chi connectivity index (χ1v) is 7.58. The molecule has 5 nitrogen and oxygen atoms in total. The maximum atomic E-state index is 12.2. The Balaban J connectivity index is 0.00000176. The average molecular weight is 324 g/mol. The summed E-state index contributed by atoms with van der Waals surface area (Å²) in [7, 11) is 0. The number of rotatable bonds is 3. The van der Waals surface area contributed by atoms with Crippen LogP contribution in [0.4, 0.5) is 5.69 Å². The number of nitrogens with one attached hydrogen (secondary N) is 2. The van der Waals surface area contributed by atoms with Crippen molar-refractivity contribution in [3.8, 4) is 0 Å². The van der Waals surface area contributed by atoms with Gasteiger partial charge >= 0.3 is 0 Å². The summed E-state index contributed by atoms with van der Waals surface area (Å²) in [6.45, 7) is 4.00. The smallest absolute Gasteiger partial charge is 0.251 e. The number of halogens is 1. The third-order valence-corrected chi connectivity index (χ3v) is 4.29. The van der Waals surface area contributed by atoms with Crippen LogP contribution in [0.3, 0.4) is 0 Å². The van der Waals surface area contributed by atoms with Crippen LogP contribution in [0.2, 0.25) is 0 Å². The summed E-state index contributed by atoms with van der Waals surface area (Å²) in [6, 6.07) is 6.00. The molecule has 2 aliphatic heterocycles. The van der Waals surface area contributed by atoms with Crippen molar-refractivity contribution in [1.29, 1.82) is 0 Å². The number of hydrogen-bond acceptors (Lipinski definition) is 3. The van der Waals surface area contributed by atoms with E-state index in [0.717, 1.165) is 30.6 Å². The first-order chi connectivity index (χ1) is 10.1. The molecule has 0 bridgehead atoms. The third kappa shape index (κ3) is 3.42. The van der Waals surface area contributed by atoms with E-state index >= 15 is 0 Å². The van der Waals surface area contributed by atoms with Crippen molar-refractivity contribution < 1.29 is 9.59 Å². The number of fused-ring (bicyclic) bond motifs is 1. The van der Waals surface area contributed by atoms with Gasteiger partial charge in [-0.1, -0.05) is 0 Å². The van der Waals surface area contributed by atoms with Crippen molar-refractivity contribution in [1.82, 2.24) is 10.6 Å². The fourth-order valence-corrected chi connectivity index (χ4v) is 3.12. The Labute approximate surface area is 136 Å². The molecule has 1 atom stereocenters. The van der Waals surface area contributed by atoms with Crippen LogP contribution in [-0.2, 0) is 11.2 Å². The Morgan fingerprint density at radius 2 is 2.23 bits per heavy atom. The summed E-state index contributed by atoms with van der Waals surface area (Å²) in [6.07, 6.45) is 3.12. The number of anilines is 1. The highest BCUT2D eigenvalue weighted by Gasteiger charge is 2.23. The molecule has 0 radical (unpaired) electrons. The van der Waals surface area contributed by atoms with E-state index in [2.05, 4.69) is 10.6 Å². The van der Waals surface area contributed by atoms with Crippen LogP contribution in [-0.4, -0.2) is 37.5 Å². The summed E-state index contributed by atoms with van der Waals surface area (Å²) in [5, 5.41) is 6.35. The minimum atomic E-state index is -0.0345. The quantitative estimate of drug-likeness (QED) is 0.886. The number of carbonyl (C=O) groups excluding carboxylic acids is 2. The second kappa shape index (κ2) is 7.11. The van der Waals surface area contributed by atoms with E-state index in [9.17, 15) is 9.59 Å². The summed E-state index contributed by atoms with van der Waals surface area (Å²) in [4.78, 5) is 25.5. The maximum Gasteiger partial charge on any atom is 0.251 e. The molecule has 1 aromatic rings. The molecule has 1 aromatic carbocycles. The van der Waals surface area contributed by atoms with Gasteiger partial charge in [0.05, 0.1) is 0 Å². The summed E-state index contributed by atoms with van der Waals surface area (Å²) >= 11 is 0. The first kappa shape index (κ1) is 16.8. The van der Waals surface area contributed by atoms with Gasteiger partial charge in [0.25, 0.3) is 5.91 Å². The molecule has 2 amide bonds. The van der Waals surface area contributed by atoms with E-state index in [4.69, 9.17) is 0 Å². The van der Waals surface area contributed by atoms with Gasteiger partial charge < -0.3 is 15.5 Å². The SMILES string of the molecule is CC(=O)N1CCc2cc(C(=O)NCC3CCCN3)ccc21.Cl. The summed E-state index contributed by atoms with van der Waals surface area (Å²) < 4.78 is 0. The predicted molar refractivity (Wildman–Crippen MR) is 88.8 cm³/mol. The summed E-state index contributed by atoms with van der Waals surface area (Å²) in [5.41, 5.74) is 2.70. The van der Waals surface area contributed by atoms with Crippen LogP contribution in [0.25, 0.3) is 0 Å². The Hall–Kier alpha value is -1.59. The lowest BCUT2D eigenvalue weighted by Gasteiger charge is -2.15. The number of benzene rings is 1. The van der Waals surface area contributed by atoms with Gasteiger partial charge in [0.1, 0.15) is 0 Å². The van der Waals surface area contributed by atoms with E-state index in [1.54, 1.807) is 17.9 Å². The molecule has 0 saturated carbocycles. The Morgan fingerprint density at radius 1 is 1.41 bits per heavy atom. The second-order valence-corrected chi connectivity index (χ2v) is 5.77. The maximum absolute atomic E-state index is 12.2. The molecule has 120 valence electrons. The fraction of sp³-hybridized carbons (Fsp3) is 0.500. The van der Waals surface area contributed by atoms with E-state index in [-0.39, 0.29) is 24.2 Å². The zero-order valence-corrected chi connectivity index (χ0v) is 13.5. The molecule has 2 heterocycles. The van der Waals surface area contributed by atoms with E-state index in [1.807, 2.05) is 12.1 Å². The van der Waals surface area contributed by atoms with Crippen LogP contribution in [0.5, 0.6) is 0 Å². The fourth-order valence-electron chi connectivity index (χ4n) is 3.12. The van der Waals surface area contributed by atoms with Crippen molar-refractivity contribution in [2.45, 2.75) is 32.2 Å². The molecule has 2 N–H and O–H groups in total. The van der Waals surface area contributed by atoms with Gasteiger partial charge in [0.15, 0.2) is 0 Å². The molecule has 2 aliphatic rings. The monoisotopic (exact) mass is 323 g/mol. The third-order valence-electron chi connectivity index (χ3n) is 4.29. The topological polar surface area (TPSA) is 61.4 Å². The highest BCUT2D eigenvalue weighted by Crippen LogP contribution is 2.28. The number of nitrogens with zero attached hydrogens (tertiary/aromatic N) is 1. The van der Waals surface area contributed by atoms with E-state index in [1.165, 1.54) is 6.42 Å². The Morgan fingerprint density at radius 3 is 2.91 bits per heavy atom. The highest BCUT2D eigenvalue weighted by molar-refractivity contribution is 5.97. The van der Waals surface area contributed by atoms with Crippen molar-refractivity contribution in [2.75, 3.05) is 24.5 Å². The molecule has 0 aromatic heterocycles. The van der Waals surface area contributed by atoms with Crippen LogP contribution in [0.15, 0.2) is 18.2 Å².